The van der Waals surface area contributed by atoms with E-state index in [1.165, 1.54) is 37.0 Å². The topological polar surface area (TPSA) is 59.5 Å². The van der Waals surface area contributed by atoms with Crippen molar-refractivity contribution in [1.82, 2.24) is 9.88 Å². The average Bonchev–Trinajstić information content (AvgIpc) is 3.37. The van der Waals surface area contributed by atoms with Crippen LogP contribution in [-0.2, 0) is 20.7 Å². The first-order valence-corrected chi connectivity index (χ1v) is 11.4. The summed E-state index contributed by atoms with van der Waals surface area (Å²) < 4.78 is 5.28. The minimum Gasteiger partial charge on any atom is -0.455 e. The van der Waals surface area contributed by atoms with E-state index in [0.29, 0.717) is 17.7 Å². The van der Waals surface area contributed by atoms with Gasteiger partial charge in [0, 0.05) is 28.9 Å². The molecule has 2 atom stereocenters. The van der Waals surface area contributed by atoms with E-state index in [2.05, 4.69) is 4.98 Å². The predicted molar refractivity (Wildman–Crippen MR) is 107 cm³/mol. The summed E-state index contributed by atoms with van der Waals surface area (Å²) in [6.07, 6.45) is 7.19. The lowest BCUT2D eigenvalue weighted by Crippen LogP contribution is -2.50. The van der Waals surface area contributed by atoms with Gasteiger partial charge in [0.15, 0.2) is 6.61 Å². The van der Waals surface area contributed by atoms with Gasteiger partial charge in [-0.05, 0) is 43.0 Å². The number of aromatic nitrogens is 1. The molecule has 27 heavy (non-hydrogen) atoms. The monoisotopic (exact) mass is 404 g/mol. The Morgan fingerprint density at radius 3 is 2.89 bits per heavy atom. The molecule has 1 aliphatic heterocycles. The lowest BCUT2D eigenvalue weighted by molar-refractivity contribution is -0.154. The fourth-order valence-electron chi connectivity index (χ4n) is 4.27. The number of fused-ring (bicyclic) bond motifs is 1. The molecular weight excluding hydrogens is 380 g/mol. The van der Waals surface area contributed by atoms with Gasteiger partial charge < -0.3 is 9.64 Å². The number of nitrogens with zero attached hydrogens (tertiary/aromatic N) is 2. The van der Waals surface area contributed by atoms with Crippen LogP contribution in [0.4, 0.5) is 0 Å². The molecular formula is C20H24N2O3S2. The van der Waals surface area contributed by atoms with E-state index >= 15 is 0 Å². The van der Waals surface area contributed by atoms with E-state index in [1.807, 2.05) is 27.1 Å². The van der Waals surface area contributed by atoms with Crippen molar-refractivity contribution in [2.24, 2.45) is 5.92 Å². The fourth-order valence-corrected chi connectivity index (χ4v) is 5.80. The van der Waals surface area contributed by atoms with Gasteiger partial charge in [-0.15, -0.1) is 11.3 Å². The summed E-state index contributed by atoms with van der Waals surface area (Å²) >= 11 is 3.14. The van der Waals surface area contributed by atoms with Crippen LogP contribution in [0.3, 0.4) is 0 Å². The van der Waals surface area contributed by atoms with Crippen molar-refractivity contribution >= 4 is 34.6 Å². The maximum absolute atomic E-state index is 12.6. The molecule has 0 radical (unpaired) electrons. The SMILES string of the molecule is O=C(Cc1csc(-c2ccsc2)n1)OCC(=O)N1CCC[C@@H]2CCCC[C@H]21. The molecule has 0 spiro atoms. The zero-order chi connectivity index (χ0) is 18.6. The molecule has 0 N–H and O–H groups in total. The second kappa shape index (κ2) is 8.52. The van der Waals surface area contributed by atoms with Crippen molar-refractivity contribution in [3.8, 4) is 10.6 Å². The number of hydrogen-bond donors (Lipinski definition) is 0. The molecule has 144 valence electrons. The number of esters is 1. The van der Waals surface area contributed by atoms with E-state index in [-0.39, 0.29) is 24.9 Å². The van der Waals surface area contributed by atoms with Crippen LogP contribution in [0.2, 0.25) is 0 Å². The molecule has 4 rings (SSSR count). The number of ether oxygens (including phenoxy) is 1. The minimum absolute atomic E-state index is 0.0443. The molecule has 0 aromatic carbocycles. The highest BCUT2D eigenvalue weighted by atomic mass is 32.1. The van der Waals surface area contributed by atoms with E-state index in [9.17, 15) is 9.59 Å². The molecule has 7 heteroatoms. The van der Waals surface area contributed by atoms with Crippen LogP contribution >= 0.6 is 22.7 Å². The number of rotatable bonds is 5. The van der Waals surface area contributed by atoms with Gasteiger partial charge in [-0.2, -0.15) is 11.3 Å². The maximum Gasteiger partial charge on any atom is 0.312 e. The summed E-state index contributed by atoms with van der Waals surface area (Å²) in [6, 6.07) is 2.37. The van der Waals surface area contributed by atoms with Gasteiger partial charge in [0.1, 0.15) is 5.01 Å². The number of hydrogen-bond acceptors (Lipinski definition) is 6. The lowest BCUT2D eigenvalue weighted by atomic mass is 9.78. The van der Waals surface area contributed by atoms with E-state index in [1.54, 1.807) is 11.3 Å². The van der Waals surface area contributed by atoms with E-state index < -0.39 is 0 Å². The standard InChI is InChI=1S/C20H24N2O3S2/c23-18(22-8-3-5-14-4-1-2-6-17(14)22)11-25-19(24)10-16-13-27-20(21-16)15-7-9-26-12-15/h7,9,12-14,17H,1-6,8,10-11H2/t14-,17+/m0/s1. The molecule has 0 bridgehead atoms. The molecule has 5 nitrogen and oxygen atoms in total. The molecule has 2 aliphatic rings. The molecule has 1 saturated heterocycles. The lowest BCUT2D eigenvalue weighted by Gasteiger charge is -2.44. The van der Waals surface area contributed by atoms with Crippen LogP contribution in [0.5, 0.6) is 0 Å². The summed E-state index contributed by atoms with van der Waals surface area (Å²) in [6.45, 7) is 0.650. The van der Waals surface area contributed by atoms with Gasteiger partial charge in [0.05, 0.1) is 12.1 Å². The molecule has 1 saturated carbocycles. The number of likely N-dealkylation sites (tertiary alicyclic amines) is 1. The fraction of sp³-hybridized carbons (Fsp3) is 0.550. The smallest absolute Gasteiger partial charge is 0.312 e. The molecule has 1 amide bonds. The second-order valence-electron chi connectivity index (χ2n) is 7.33. The highest BCUT2D eigenvalue weighted by Gasteiger charge is 2.35. The Labute approximate surface area is 167 Å². The first kappa shape index (κ1) is 18.6. The predicted octanol–water partition coefficient (Wildman–Crippen LogP) is 4.14. The first-order valence-electron chi connectivity index (χ1n) is 9.63. The first-order chi connectivity index (χ1) is 13.2. The third kappa shape index (κ3) is 4.41. The van der Waals surface area contributed by atoms with Crippen molar-refractivity contribution in [3.63, 3.8) is 0 Å². The van der Waals surface area contributed by atoms with Crippen LogP contribution in [-0.4, -0.2) is 41.0 Å². The number of piperidine rings is 1. The summed E-state index contributed by atoms with van der Waals surface area (Å²) in [5.74, 6) is 0.206. The Balaban J connectivity index is 1.28. The van der Waals surface area contributed by atoms with Crippen LogP contribution in [0.25, 0.3) is 10.6 Å². The molecule has 2 aromatic rings. The van der Waals surface area contributed by atoms with Gasteiger partial charge in [-0.3, -0.25) is 9.59 Å². The van der Waals surface area contributed by atoms with Crippen molar-refractivity contribution in [2.45, 2.75) is 51.0 Å². The van der Waals surface area contributed by atoms with Gasteiger partial charge in [0.2, 0.25) is 0 Å². The number of amides is 1. The summed E-state index contributed by atoms with van der Waals surface area (Å²) in [4.78, 5) is 31.2. The van der Waals surface area contributed by atoms with Crippen molar-refractivity contribution in [1.29, 1.82) is 0 Å². The Hall–Kier alpha value is -1.73. The largest absolute Gasteiger partial charge is 0.455 e. The molecule has 2 fully saturated rings. The Bertz CT molecular complexity index is 785. The zero-order valence-electron chi connectivity index (χ0n) is 15.3. The van der Waals surface area contributed by atoms with Gasteiger partial charge in [0.25, 0.3) is 5.91 Å². The quantitative estimate of drug-likeness (QED) is 0.703. The van der Waals surface area contributed by atoms with Gasteiger partial charge >= 0.3 is 5.97 Å². The highest BCUT2D eigenvalue weighted by molar-refractivity contribution is 7.14. The third-order valence-corrected chi connectivity index (χ3v) is 7.19. The summed E-state index contributed by atoms with van der Waals surface area (Å²) in [5, 5.41) is 6.84. The normalized spacial score (nSPS) is 22.3. The van der Waals surface area contributed by atoms with Crippen LogP contribution in [0.15, 0.2) is 22.2 Å². The molecule has 1 aliphatic carbocycles. The summed E-state index contributed by atoms with van der Waals surface area (Å²) in [5.41, 5.74) is 1.77. The molecule has 3 heterocycles. The molecule has 0 unspecified atom stereocenters. The zero-order valence-corrected chi connectivity index (χ0v) is 16.9. The van der Waals surface area contributed by atoms with Crippen molar-refractivity contribution < 1.29 is 14.3 Å². The number of carbonyl (C=O) groups is 2. The third-order valence-electron chi connectivity index (χ3n) is 5.57. The molecule has 2 aromatic heterocycles. The Kier molecular flexibility index (Phi) is 5.88. The Morgan fingerprint density at radius 1 is 1.19 bits per heavy atom. The van der Waals surface area contributed by atoms with Crippen LogP contribution in [0.1, 0.15) is 44.2 Å². The van der Waals surface area contributed by atoms with Crippen molar-refractivity contribution in [2.75, 3.05) is 13.2 Å². The number of carbonyl (C=O) groups excluding carboxylic acids is 2. The van der Waals surface area contributed by atoms with E-state index in [4.69, 9.17) is 4.74 Å². The van der Waals surface area contributed by atoms with Gasteiger partial charge in [-0.25, -0.2) is 4.98 Å². The van der Waals surface area contributed by atoms with Gasteiger partial charge in [-0.1, -0.05) is 12.8 Å². The van der Waals surface area contributed by atoms with Crippen LogP contribution < -0.4 is 0 Å². The minimum atomic E-state index is -0.386. The van der Waals surface area contributed by atoms with Crippen LogP contribution in [0, 0.1) is 5.92 Å². The summed E-state index contributed by atoms with van der Waals surface area (Å²) in [7, 11) is 0. The average molecular weight is 405 g/mol. The number of thiophene rings is 1. The van der Waals surface area contributed by atoms with E-state index in [0.717, 1.165) is 30.0 Å². The second-order valence-corrected chi connectivity index (χ2v) is 8.97. The van der Waals surface area contributed by atoms with Crippen molar-refractivity contribution in [3.05, 3.63) is 27.9 Å². The number of thiazole rings is 1. The maximum atomic E-state index is 12.6. The highest BCUT2D eigenvalue weighted by Crippen LogP contribution is 2.35. The Morgan fingerprint density at radius 2 is 2.04 bits per heavy atom.